The Bertz CT molecular complexity index is 878. The van der Waals surface area contributed by atoms with E-state index in [4.69, 9.17) is 37.9 Å². The van der Waals surface area contributed by atoms with Crippen LogP contribution in [0.15, 0.2) is 12.2 Å². The first kappa shape index (κ1) is 31.9. The highest BCUT2D eigenvalue weighted by Crippen LogP contribution is 2.44. The average molecular weight is 560 g/mol. The minimum absolute atomic E-state index is 0.0191. The van der Waals surface area contributed by atoms with Crippen molar-refractivity contribution in [2.45, 2.75) is 102 Å². The highest BCUT2D eigenvalue weighted by molar-refractivity contribution is 5.84. The summed E-state index contributed by atoms with van der Waals surface area (Å²) in [6.07, 6.45) is -4.93. The fourth-order valence-corrected chi connectivity index (χ4v) is 5.71. The number of rotatable bonds is 10. The summed E-state index contributed by atoms with van der Waals surface area (Å²) in [6.45, 7) is 12.8. The molecule has 3 heterocycles. The smallest absolute Gasteiger partial charge is 0.303 e. The van der Waals surface area contributed by atoms with Crippen LogP contribution in [0.4, 0.5) is 0 Å². The maximum atomic E-state index is 13.8. The van der Waals surface area contributed by atoms with Gasteiger partial charge in [0.2, 0.25) is 11.9 Å². The van der Waals surface area contributed by atoms with Crippen molar-refractivity contribution in [1.29, 1.82) is 0 Å². The molecule has 3 rings (SSSR count). The van der Waals surface area contributed by atoms with Gasteiger partial charge in [-0.25, -0.2) is 0 Å². The molecule has 3 aliphatic heterocycles. The standard InChI is InChI=1S/C27H45NO11/c1-14-11-27(34-9,39-16(3)15(14)2)23(37-17(4)30)24(31)28-25-21-20(35-13-36-25)22(33-8)26(5,6)19(38-21)10-18(12-29)32-7/h15-16,18-23,25,29H,1,10-13H2,2-9H3,(H,28,31)/t15-,16-,18-,19-,20+,21+,22-,23-,25+,27-/m1/s1. The molecule has 3 saturated heterocycles. The number of esters is 1. The maximum absolute atomic E-state index is 13.8. The van der Waals surface area contributed by atoms with E-state index in [1.165, 1.54) is 21.1 Å². The van der Waals surface area contributed by atoms with E-state index in [0.29, 0.717) is 6.42 Å². The molecule has 224 valence electrons. The monoisotopic (exact) mass is 559 g/mol. The van der Waals surface area contributed by atoms with E-state index in [-0.39, 0.29) is 31.8 Å². The van der Waals surface area contributed by atoms with E-state index >= 15 is 0 Å². The number of carbonyl (C=O) groups is 2. The summed E-state index contributed by atoms with van der Waals surface area (Å²) in [5.41, 5.74) is 0.278. The Hall–Kier alpha value is -1.64. The second-order valence-corrected chi connectivity index (χ2v) is 11.1. The summed E-state index contributed by atoms with van der Waals surface area (Å²) in [5.74, 6) is -2.92. The molecule has 10 atom stereocenters. The number of amides is 1. The topological polar surface area (TPSA) is 140 Å². The highest BCUT2D eigenvalue weighted by atomic mass is 16.7. The molecule has 39 heavy (non-hydrogen) atoms. The van der Waals surface area contributed by atoms with E-state index in [1.54, 1.807) is 7.11 Å². The molecule has 0 aliphatic carbocycles. The Labute approximate surface area is 230 Å². The zero-order valence-corrected chi connectivity index (χ0v) is 24.3. The van der Waals surface area contributed by atoms with Crippen LogP contribution in [0.5, 0.6) is 0 Å². The first-order valence-electron chi connectivity index (χ1n) is 13.3. The lowest BCUT2D eigenvalue weighted by molar-refractivity contribution is -0.333. The molecule has 0 aromatic heterocycles. The molecule has 12 heteroatoms. The zero-order valence-electron chi connectivity index (χ0n) is 24.3. The number of hydrogen-bond acceptors (Lipinski definition) is 11. The van der Waals surface area contributed by atoms with Gasteiger partial charge in [0, 0.05) is 52.4 Å². The van der Waals surface area contributed by atoms with Gasteiger partial charge in [0.25, 0.3) is 5.91 Å². The van der Waals surface area contributed by atoms with Gasteiger partial charge >= 0.3 is 5.97 Å². The lowest BCUT2D eigenvalue weighted by atomic mass is 9.72. The summed E-state index contributed by atoms with van der Waals surface area (Å²) < 4.78 is 46.8. The predicted molar refractivity (Wildman–Crippen MR) is 137 cm³/mol. The van der Waals surface area contributed by atoms with Gasteiger partial charge in [-0.15, -0.1) is 0 Å². The average Bonchev–Trinajstić information content (AvgIpc) is 2.88. The van der Waals surface area contributed by atoms with Crippen molar-refractivity contribution >= 4 is 11.9 Å². The van der Waals surface area contributed by atoms with Crippen molar-refractivity contribution in [3.63, 3.8) is 0 Å². The third kappa shape index (κ3) is 6.48. The summed E-state index contributed by atoms with van der Waals surface area (Å²) in [4.78, 5) is 25.9. The maximum Gasteiger partial charge on any atom is 0.303 e. The number of carbonyl (C=O) groups excluding carboxylic acids is 2. The first-order chi connectivity index (χ1) is 18.3. The SMILES string of the molecule is C=C1C[C@](OC)([C@H](OC(C)=O)C(=O)N[C@H]2OCO[C@H]3[C@@H]2O[C@H](C[C@H](CO)OC)C(C)(C)[C@@H]3OC)O[C@H](C)[C@@H]1C. The van der Waals surface area contributed by atoms with Gasteiger partial charge in [-0.05, 0) is 6.92 Å². The van der Waals surface area contributed by atoms with Crippen LogP contribution in [0.25, 0.3) is 0 Å². The van der Waals surface area contributed by atoms with Crippen LogP contribution < -0.4 is 5.32 Å². The molecule has 3 fully saturated rings. The molecular formula is C27H45NO11. The summed E-state index contributed by atoms with van der Waals surface area (Å²) >= 11 is 0. The minimum Gasteiger partial charge on any atom is -0.447 e. The number of hydrogen-bond donors (Lipinski definition) is 2. The molecule has 0 aromatic rings. The number of ether oxygens (including phenoxy) is 8. The third-order valence-electron chi connectivity index (χ3n) is 8.34. The van der Waals surface area contributed by atoms with Crippen molar-refractivity contribution in [2.24, 2.45) is 11.3 Å². The first-order valence-corrected chi connectivity index (χ1v) is 13.3. The van der Waals surface area contributed by atoms with E-state index in [2.05, 4.69) is 11.9 Å². The molecule has 3 aliphatic rings. The van der Waals surface area contributed by atoms with Crippen LogP contribution in [0, 0.1) is 11.3 Å². The van der Waals surface area contributed by atoms with Crippen molar-refractivity contribution < 1.29 is 52.6 Å². The number of aliphatic hydroxyl groups excluding tert-OH is 1. The Morgan fingerprint density at radius 1 is 1.18 bits per heavy atom. The van der Waals surface area contributed by atoms with E-state index in [1.807, 2.05) is 27.7 Å². The van der Waals surface area contributed by atoms with E-state index in [9.17, 15) is 14.7 Å². The quantitative estimate of drug-likeness (QED) is 0.295. The lowest BCUT2D eigenvalue weighted by Crippen LogP contribution is -2.69. The van der Waals surface area contributed by atoms with Gasteiger partial charge in [0.15, 0.2) is 6.23 Å². The molecule has 0 spiro atoms. The summed E-state index contributed by atoms with van der Waals surface area (Å²) in [6, 6.07) is 0. The molecule has 0 unspecified atom stereocenters. The van der Waals surface area contributed by atoms with E-state index < -0.39 is 65.9 Å². The van der Waals surface area contributed by atoms with Crippen molar-refractivity contribution in [3.8, 4) is 0 Å². The van der Waals surface area contributed by atoms with Crippen molar-refractivity contribution in [2.75, 3.05) is 34.7 Å². The second-order valence-electron chi connectivity index (χ2n) is 11.1. The van der Waals surface area contributed by atoms with Crippen molar-refractivity contribution in [1.82, 2.24) is 5.32 Å². The Balaban J connectivity index is 1.89. The van der Waals surface area contributed by atoms with Gasteiger partial charge in [0.05, 0.1) is 31.0 Å². The number of aliphatic hydroxyl groups is 1. The predicted octanol–water partition coefficient (Wildman–Crippen LogP) is 1.28. The minimum atomic E-state index is -1.58. The summed E-state index contributed by atoms with van der Waals surface area (Å²) in [7, 11) is 4.51. The number of methoxy groups -OCH3 is 3. The Morgan fingerprint density at radius 2 is 1.87 bits per heavy atom. The molecule has 1 amide bonds. The fourth-order valence-electron chi connectivity index (χ4n) is 5.71. The number of fused-ring (bicyclic) bond motifs is 1. The summed E-state index contributed by atoms with van der Waals surface area (Å²) in [5, 5.41) is 12.5. The number of nitrogens with one attached hydrogen (secondary N) is 1. The van der Waals surface area contributed by atoms with Gasteiger partial charge < -0.3 is 48.3 Å². The van der Waals surface area contributed by atoms with Crippen LogP contribution in [0.2, 0.25) is 0 Å². The lowest BCUT2D eigenvalue weighted by Gasteiger charge is -2.54. The molecule has 0 radical (unpaired) electrons. The third-order valence-corrected chi connectivity index (χ3v) is 8.34. The van der Waals surface area contributed by atoms with Crippen LogP contribution in [0.3, 0.4) is 0 Å². The normalized spacial score (nSPS) is 37.9. The van der Waals surface area contributed by atoms with Gasteiger partial charge in [-0.2, -0.15) is 0 Å². The molecule has 0 aromatic carbocycles. The van der Waals surface area contributed by atoms with Crippen LogP contribution in [-0.2, 0) is 47.5 Å². The van der Waals surface area contributed by atoms with Crippen LogP contribution in [0.1, 0.15) is 47.5 Å². The molecular weight excluding hydrogens is 514 g/mol. The van der Waals surface area contributed by atoms with Gasteiger partial charge in [-0.3, -0.25) is 9.59 Å². The van der Waals surface area contributed by atoms with E-state index in [0.717, 1.165) is 5.57 Å². The Kier molecular flexibility index (Phi) is 10.5. The largest absolute Gasteiger partial charge is 0.447 e. The zero-order chi connectivity index (χ0) is 29.1. The van der Waals surface area contributed by atoms with Crippen LogP contribution >= 0.6 is 0 Å². The van der Waals surface area contributed by atoms with Crippen LogP contribution in [-0.4, -0.2) is 106 Å². The molecule has 0 saturated carbocycles. The molecule has 12 nitrogen and oxygen atoms in total. The Morgan fingerprint density at radius 3 is 2.41 bits per heavy atom. The highest BCUT2D eigenvalue weighted by Gasteiger charge is 2.58. The van der Waals surface area contributed by atoms with Crippen molar-refractivity contribution in [3.05, 3.63) is 12.2 Å². The second kappa shape index (κ2) is 12.9. The fraction of sp³-hybridized carbons (Fsp3) is 0.852. The van der Waals surface area contributed by atoms with Gasteiger partial charge in [-0.1, -0.05) is 32.9 Å². The molecule has 2 N–H and O–H groups in total. The van der Waals surface area contributed by atoms with Gasteiger partial charge in [0.1, 0.15) is 19.0 Å². The molecule has 0 bridgehead atoms.